The third-order valence-electron chi connectivity index (χ3n) is 4.90. The normalized spacial score (nSPS) is 12.9. The highest BCUT2D eigenvalue weighted by Gasteiger charge is 2.22. The Hall–Kier alpha value is -3.13. The van der Waals surface area contributed by atoms with Gasteiger partial charge in [-0.2, -0.15) is 0 Å². The smallest absolute Gasteiger partial charge is 0.223 e. The van der Waals surface area contributed by atoms with Gasteiger partial charge in [0, 0.05) is 44.3 Å². The summed E-state index contributed by atoms with van der Waals surface area (Å²) in [6.45, 7) is 20.1. The molecule has 0 unspecified atom stereocenters. The first-order valence-electron chi connectivity index (χ1n) is 9.39. The minimum Gasteiger partial charge on any atom is -0.393 e. The summed E-state index contributed by atoms with van der Waals surface area (Å²) in [6.07, 6.45) is 20.0. The Morgan fingerprint density at radius 1 is 0.714 bits per heavy atom. The zero-order chi connectivity index (χ0) is 20.8. The van der Waals surface area contributed by atoms with E-state index < -0.39 is 0 Å². The summed E-state index contributed by atoms with van der Waals surface area (Å²) >= 11 is 0. The molecule has 4 heteroatoms. The molecule has 0 spiro atoms. The van der Waals surface area contributed by atoms with Crippen LogP contribution in [0.2, 0.25) is 0 Å². The number of hydrogen-bond donors (Lipinski definition) is 0. The second kappa shape index (κ2) is 9.18. The molecule has 0 aliphatic heterocycles. The molecule has 0 aromatic carbocycles. The highest BCUT2D eigenvalue weighted by Crippen LogP contribution is 2.35. The zero-order valence-electron chi connectivity index (χ0n) is 17.5. The number of nitrogens with zero attached hydrogens (tertiary/aromatic N) is 2. The van der Waals surface area contributed by atoms with Gasteiger partial charge in [-0.1, -0.05) is 62.8 Å². The van der Waals surface area contributed by atoms with Crippen molar-refractivity contribution in [3.8, 4) is 11.1 Å². The molecular formula is C24H28B2N2. The average molecular weight is 366 g/mol. The van der Waals surface area contributed by atoms with Crippen molar-refractivity contribution < 1.29 is 0 Å². The van der Waals surface area contributed by atoms with Crippen LogP contribution in [0.5, 0.6) is 0 Å². The summed E-state index contributed by atoms with van der Waals surface area (Å²) in [5.74, 6) is 0. The molecule has 2 aromatic heterocycles. The quantitative estimate of drug-likeness (QED) is 0.667. The molecule has 140 valence electrons. The van der Waals surface area contributed by atoms with Gasteiger partial charge in [-0.05, 0) is 38.2 Å². The molecule has 0 amide bonds. The van der Waals surface area contributed by atoms with Crippen molar-refractivity contribution in [1.82, 2.24) is 8.96 Å². The van der Waals surface area contributed by atoms with Gasteiger partial charge in [0.15, 0.2) is 0 Å². The average Bonchev–Trinajstić information content (AvgIpc) is 3.08. The Balaban J connectivity index is 3.26. The number of allylic oxidation sites excluding steroid dienone is 4. The fourth-order valence-electron chi connectivity index (χ4n) is 3.79. The van der Waals surface area contributed by atoms with E-state index in [9.17, 15) is 0 Å². The molecule has 0 atom stereocenters. The molecule has 0 fully saturated rings. The summed E-state index contributed by atoms with van der Waals surface area (Å²) in [4.78, 5) is 0. The molecule has 0 radical (unpaired) electrons. The van der Waals surface area contributed by atoms with Crippen LogP contribution >= 0.6 is 0 Å². The molecule has 0 bridgehead atoms. The van der Waals surface area contributed by atoms with E-state index in [1.54, 1.807) is 0 Å². The van der Waals surface area contributed by atoms with Crippen molar-refractivity contribution in [2.75, 3.05) is 0 Å². The van der Waals surface area contributed by atoms with Crippen molar-refractivity contribution in [2.45, 2.75) is 13.8 Å². The number of hydrogen-bond acceptors (Lipinski definition) is 0. The maximum atomic E-state index is 4.09. The van der Waals surface area contributed by atoms with Crippen molar-refractivity contribution in [3.63, 3.8) is 0 Å². The van der Waals surface area contributed by atoms with Crippen LogP contribution in [0, 0.1) is 0 Å². The fourth-order valence-corrected chi connectivity index (χ4v) is 3.79. The van der Waals surface area contributed by atoms with Crippen molar-refractivity contribution >= 4 is 52.4 Å². The van der Waals surface area contributed by atoms with Gasteiger partial charge < -0.3 is 8.96 Å². The maximum Gasteiger partial charge on any atom is 0.223 e. The van der Waals surface area contributed by atoms with Crippen molar-refractivity contribution in [1.29, 1.82) is 0 Å². The first-order valence-corrected chi connectivity index (χ1v) is 9.39. The first kappa shape index (κ1) is 21.2. The van der Waals surface area contributed by atoms with Gasteiger partial charge in [-0.25, -0.2) is 0 Å². The van der Waals surface area contributed by atoms with Crippen LogP contribution in [-0.4, -0.2) is 24.9 Å². The van der Waals surface area contributed by atoms with E-state index in [1.807, 2.05) is 50.3 Å². The third kappa shape index (κ3) is 3.38. The maximum absolute atomic E-state index is 4.09. The van der Waals surface area contributed by atoms with Crippen LogP contribution < -0.4 is 10.6 Å². The number of rotatable bonds is 7. The molecule has 2 nitrogen and oxygen atoms in total. The predicted octanol–water partition coefficient (Wildman–Crippen LogP) is 3.03. The van der Waals surface area contributed by atoms with Crippen LogP contribution in [0.1, 0.15) is 36.5 Å². The van der Waals surface area contributed by atoms with Gasteiger partial charge in [0.1, 0.15) is 0 Å². The first-order chi connectivity index (χ1) is 13.5. The number of aromatic nitrogens is 2. The van der Waals surface area contributed by atoms with Crippen molar-refractivity contribution in [2.24, 2.45) is 0 Å². The molecule has 2 heterocycles. The van der Waals surface area contributed by atoms with Gasteiger partial charge in [-0.3, -0.25) is 0 Å². The van der Waals surface area contributed by atoms with Gasteiger partial charge in [0.2, 0.25) is 16.0 Å². The standard InChI is InChI=1S/C24H28B2N2/c1-7-13-17-21(15-9-3)27(25)19(11-5)23(17)24-18(14-8-2)22(16-10-4)28(26)20(24)12-6/h7-16H,1,3,5-6,25-26H2,2,4H3/b14-8-,16-10-,17-13+,21-15+. The van der Waals surface area contributed by atoms with Crippen LogP contribution in [0.4, 0.5) is 0 Å². The highest BCUT2D eigenvalue weighted by molar-refractivity contribution is 6.12. The summed E-state index contributed by atoms with van der Waals surface area (Å²) in [6, 6.07) is 0. The zero-order valence-corrected chi connectivity index (χ0v) is 17.5. The molecule has 28 heavy (non-hydrogen) atoms. The van der Waals surface area contributed by atoms with E-state index in [0.29, 0.717) is 0 Å². The Bertz CT molecular complexity index is 1120. The Morgan fingerprint density at radius 3 is 1.79 bits per heavy atom. The topological polar surface area (TPSA) is 9.86 Å². The summed E-state index contributed by atoms with van der Waals surface area (Å²) < 4.78 is 4.33. The van der Waals surface area contributed by atoms with Gasteiger partial charge >= 0.3 is 0 Å². The fraction of sp³-hybridized carbons (Fsp3) is 0.0833. The minimum absolute atomic E-state index is 1.05. The largest absolute Gasteiger partial charge is 0.393 e. The molecule has 0 saturated heterocycles. The minimum atomic E-state index is 1.05. The lowest BCUT2D eigenvalue weighted by Gasteiger charge is -2.07. The van der Waals surface area contributed by atoms with Crippen LogP contribution in [0.25, 0.3) is 47.6 Å². The third-order valence-corrected chi connectivity index (χ3v) is 4.90. The molecule has 0 aliphatic carbocycles. The van der Waals surface area contributed by atoms with E-state index in [0.717, 1.165) is 44.3 Å². The van der Waals surface area contributed by atoms with Gasteiger partial charge in [0.25, 0.3) is 0 Å². The van der Waals surface area contributed by atoms with Crippen LogP contribution in [0.3, 0.4) is 0 Å². The summed E-state index contributed by atoms with van der Waals surface area (Å²) in [7, 11) is 4.13. The molecule has 2 aromatic rings. The van der Waals surface area contributed by atoms with E-state index in [4.69, 9.17) is 0 Å². The van der Waals surface area contributed by atoms with Crippen molar-refractivity contribution in [3.05, 3.63) is 83.8 Å². The Kier molecular flexibility index (Phi) is 6.94. The molecule has 0 N–H and O–H groups in total. The van der Waals surface area contributed by atoms with Crippen LogP contribution in [0.15, 0.2) is 50.6 Å². The van der Waals surface area contributed by atoms with Gasteiger partial charge in [-0.15, -0.1) is 0 Å². The van der Waals surface area contributed by atoms with Crippen LogP contribution in [-0.2, 0) is 0 Å². The van der Waals surface area contributed by atoms with E-state index in [1.165, 1.54) is 0 Å². The lowest BCUT2D eigenvalue weighted by atomic mass is 9.97. The Labute approximate surface area is 170 Å². The van der Waals surface area contributed by atoms with E-state index in [2.05, 4.69) is 75.5 Å². The van der Waals surface area contributed by atoms with Gasteiger partial charge in [0.05, 0.1) is 0 Å². The Morgan fingerprint density at radius 2 is 1.29 bits per heavy atom. The summed E-state index contributed by atoms with van der Waals surface area (Å²) in [5, 5.41) is 2.16. The lowest BCUT2D eigenvalue weighted by Crippen LogP contribution is -2.29. The lowest BCUT2D eigenvalue weighted by molar-refractivity contribution is 1.17. The van der Waals surface area contributed by atoms with E-state index in [-0.39, 0.29) is 0 Å². The van der Waals surface area contributed by atoms with E-state index >= 15 is 0 Å². The molecule has 2 rings (SSSR count). The summed E-state index contributed by atoms with van der Waals surface area (Å²) in [5.41, 5.74) is 6.69. The monoisotopic (exact) mass is 366 g/mol. The second-order valence-electron chi connectivity index (χ2n) is 6.45. The second-order valence-corrected chi connectivity index (χ2v) is 6.45. The highest BCUT2D eigenvalue weighted by atomic mass is 14.9. The molecular weight excluding hydrogens is 338 g/mol. The molecule has 0 aliphatic rings. The SMILES string of the molecule is Bn1c(C=C)c(-c2c(C=C)n(B)c(=C/C=C)/c2=C\C=C)c(/C=C\C)c1/C=C\C. The molecule has 0 saturated carbocycles. The predicted molar refractivity (Wildman–Crippen MR) is 134 cm³/mol.